The van der Waals surface area contributed by atoms with Crippen molar-refractivity contribution in [3.63, 3.8) is 0 Å². The molecule has 0 amide bonds. The van der Waals surface area contributed by atoms with Gasteiger partial charge in [-0.05, 0) is 24.5 Å². The molecule has 0 saturated carbocycles. The third-order valence-corrected chi connectivity index (χ3v) is 3.89. The minimum atomic E-state index is -0.107. The molecular formula is C14H18N4O2. The van der Waals surface area contributed by atoms with E-state index < -0.39 is 0 Å². The molecule has 0 spiro atoms. The monoisotopic (exact) mass is 274 g/mol. The number of nitrogens with two attached hydrogens (primary N) is 1. The van der Waals surface area contributed by atoms with Gasteiger partial charge in [0.15, 0.2) is 5.84 Å². The van der Waals surface area contributed by atoms with Crippen molar-refractivity contribution in [2.75, 3.05) is 6.61 Å². The molecule has 0 aromatic rings. The summed E-state index contributed by atoms with van der Waals surface area (Å²) in [5.41, 5.74) is 10.5. The molecule has 6 heteroatoms. The molecule has 0 aromatic carbocycles. The van der Waals surface area contributed by atoms with Crippen LogP contribution in [0, 0.1) is 5.92 Å². The number of rotatable bonds is 3. The zero-order chi connectivity index (χ0) is 14.1. The van der Waals surface area contributed by atoms with Crippen molar-refractivity contribution >= 4 is 12.2 Å². The van der Waals surface area contributed by atoms with Gasteiger partial charge >= 0.3 is 0 Å². The summed E-state index contributed by atoms with van der Waals surface area (Å²) in [6.07, 6.45) is 6.83. The molecule has 6 nitrogen and oxygen atoms in total. The van der Waals surface area contributed by atoms with Crippen LogP contribution in [0.15, 0.2) is 39.4 Å². The quantitative estimate of drug-likeness (QED) is 0.743. The fourth-order valence-corrected chi connectivity index (χ4v) is 2.83. The summed E-state index contributed by atoms with van der Waals surface area (Å²) in [5, 5.41) is 15.3. The molecule has 0 aromatic heterocycles. The van der Waals surface area contributed by atoms with Crippen LogP contribution in [0.5, 0.6) is 0 Å². The summed E-state index contributed by atoms with van der Waals surface area (Å²) in [4.78, 5) is 3.98. The van der Waals surface area contributed by atoms with Gasteiger partial charge in [0.2, 0.25) is 0 Å². The molecule has 1 saturated heterocycles. The van der Waals surface area contributed by atoms with E-state index in [9.17, 15) is 5.11 Å². The minimum Gasteiger partial charge on any atom is -0.394 e. The molecule has 3 aliphatic heterocycles. The van der Waals surface area contributed by atoms with Gasteiger partial charge in [0, 0.05) is 0 Å². The molecule has 0 bridgehead atoms. The summed E-state index contributed by atoms with van der Waals surface area (Å²) in [6.45, 7) is 2.18. The molecule has 0 radical (unpaired) electrons. The average Bonchev–Trinajstić information content (AvgIpc) is 2.90. The number of nitrogens with zero attached hydrogens (tertiary/aromatic N) is 3. The predicted molar refractivity (Wildman–Crippen MR) is 75.8 cm³/mol. The first-order valence-corrected chi connectivity index (χ1v) is 6.84. The lowest BCUT2D eigenvalue weighted by Gasteiger charge is -2.31. The zero-order valence-corrected chi connectivity index (χ0v) is 11.4. The summed E-state index contributed by atoms with van der Waals surface area (Å²) in [7, 11) is 0. The van der Waals surface area contributed by atoms with E-state index >= 15 is 0 Å². The molecule has 3 unspecified atom stereocenters. The molecule has 3 heterocycles. The Morgan fingerprint density at radius 1 is 1.60 bits per heavy atom. The van der Waals surface area contributed by atoms with Gasteiger partial charge in [0.05, 0.1) is 18.4 Å². The Hall–Kier alpha value is -1.88. The second kappa shape index (κ2) is 5.25. The van der Waals surface area contributed by atoms with Gasteiger partial charge in [-0.1, -0.05) is 19.1 Å². The number of hydrazone groups is 1. The maximum atomic E-state index is 9.32. The molecule has 0 aliphatic carbocycles. The van der Waals surface area contributed by atoms with Crippen LogP contribution in [0.4, 0.5) is 0 Å². The Morgan fingerprint density at radius 2 is 2.45 bits per heavy atom. The molecule has 3 rings (SSSR count). The van der Waals surface area contributed by atoms with E-state index in [0.717, 1.165) is 18.5 Å². The van der Waals surface area contributed by atoms with E-state index in [1.54, 1.807) is 5.01 Å². The number of aliphatic hydroxyl groups is 1. The molecular weight excluding hydrogens is 256 g/mol. The number of aliphatic imine (C=N–C) groups is 1. The highest BCUT2D eigenvalue weighted by Gasteiger charge is 2.39. The van der Waals surface area contributed by atoms with Crippen LogP contribution in [0.1, 0.15) is 19.8 Å². The number of fused-ring (bicyclic) bond motifs is 1. The fourth-order valence-electron chi connectivity index (χ4n) is 2.83. The van der Waals surface area contributed by atoms with E-state index in [0.29, 0.717) is 17.5 Å². The summed E-state index contributed by atoms with van der Waals surface area (Å²) >= 11 is 0. The van der Waals surface area contributed by atoms with E-state index in [1.807, 2.05) is 12.2 Å². The molecule has 3 aliphatic rings. The van der Waals surface area contributed by atoms with Crippen molar-refractivity contribution in [3.8, 4) is 0 Å². The highest BCUT2D eigenvalue weighted by atomic mass is 16.5. The first kappa shape index (κ1) is 13.1. The Labute approximate surface area is 117 Å². The summed E-state index contributed by atoms with van der Waals surface area (Å²) in [6, 6.07) is 0. The average molecular weight is 274 g/mol. The van der Waals surface area contributed by atoms with E-state index in [1.165, 1.54) is 6.34 Å². The number of ether oxygens (including phenoxy) is 1. The molecule has 20 heavy (non-hydrogen) atoms. The zero-order valence-electron chi connectivity index (χ0n) is 11.4. The van der Waals surface area contributed by atoms with Crippen LogP contribution in [-0.2, 0) is 4.74 Å². The van der Waals surface area contributed by atoms with Crippen LogP contribution in [0.3, 0.4) is 0 Å². The van der Waals surface area contributed by atoms with E-state index in [2.05, 4.69) is 22.7 Å². The third kappa shape index (κ3) is 2.08. The highest BCUT2D eigenvalue weighted by molar-refractivity contribution is 6.02. The fraction of sp³-hybridized carbons (Fsp3) is 0.500. The van der Waals surface area contributed by atoms with Gasteiger partial charge in [0.1, 0.15) is 18.1 Å². The maximum absolute atomic E-state index is 9.32. The lowest BCUT2D eigenvalue weighted by molar-refractivity contribution is 0.0119. The van der Waals surface area contributed by atoms with Crippen molar-refractivity contribution in [1.29, 1.82) is 0 Å². The second-order valence-corrected chi connectivity index (χ2v) is 5.07. The first-order chi connectivity index (χ1) is 9.74. The van der Waals surface area contributed by atoms with Crippen molar-refractivity contribution in [2.24, 2.45) is 21.7 Å². The summed E-state index contributed by atoms with van der Waals surface area (Å²) < 4.78 is 5.96. The molecule has 106 valence electrons. The van der Waals surface area contributed by atoms with Gasteiger partial charge < -0.3 is 15.6 Å². The van der Waals surface area contributed by atoms with Crippen LogP contribution in [-0.4, -0.2) is 41.1 Å². The smallest absolute Gasteiger partial charge is 0.159 e. The van der Waals surface area contributed by atoms with Crippen molar-refractivity contribution in [2.45, 2.75) is 32.0 Å². The number of aliphatic hydroxyl groups excluding tert-OH is 1. The second-order valence-electron chi connectivity index (χ2n) is 5.07. The number of amidine groups is 1. The topological polar surface area (TPSA) is 83.4 Å². The van der Waals surface area contributed by atoms with Crippen molar-refractivity contribution in [3.05, 3.63) is 29.3 Å². The Balaban J connectivity index is 1.89. The van der Waals surface area contributed by atoms with Gasteiger partial charge in [-0.25, -0.2) is 10.0 Å². The number of hydrogen-bond acceptors (Lipinski definition) is 6. The standard InChI is InChI=1S/C14H18N4O2/c1-2-9-6-10(7-19)20-13(9)11-4-3-5-12-14(15)16-8-17-18(11)12/h3-4,8-10,13,19H,2,6-7H2,1H3,(H2,15,16,17). The lowest BCUT2D eigenvalue weighted by atomic mass is 9.93. The molecule has 1 fully saturated rings. The maximum Gasteiger partial charge on any atom is 0.159 e. The van der Waals surface area contributed by atoms with Crippen LogP contribution in [0.25, 0.3) is 0 Å². The van der Waals surface area contributed by atoms with Crippen molar-refractivity contribution < 1.29 is 9.84 Å². The Bertz CT molecular complexity index is 558. The lowest BCUT2D eigenvalue weighted by Crippen LogP contribution is -2.36. The molecule has 3 N–H and O–H groups in total. The van der Waals surface area contributed by atoms with Crippen LogP contribution in [0.2, 0.25) is 0 Å². The highest BCUT2D eigenvalue weighted by Crippen LogP contribution is 2.36. The van der Waals surface area contributed by atoms with Gasteiger partial charge in [-0.15, -0.1) is 0 Å². The third-order valence-electron chi connectivity index (χ3n) is 3.89. The SMILES string of the molecule is CCC1CC(CO)OC1C1=CC=C=C2C(N)=NC=NN21. The van der Waals surface area contributed by atoms with Gasteiger partial charge in [0.25, 0.3) is 0 Å². The van der Waals surface area contributed by atoms with E-state index in [4.69, 9.17) is 10.5 Å². The Kier molecular flexibility index (Phi) is 3.44. The number of hydrogen-bond donors (Lipinski definition) is 2. The molecule has 3 atom stereocenters. The van der Waals surface area contributed by atoms with Crippen LogP contribution < -0.4 is 5.73 Å². The first-order valence-electron chi connectivity index (χ1n) is 6.84. The normalized spacial score (nSPS) is 31.8. The minimum absolute atomic E-state index is 0.0473. The van der Waals surface area contributed by atoms with Gasteiger partial charge in [-0.2, -0.15) is 5.10 Å². The van der Waals surface area contributed by atoms with Gasteiger partial charge in [-0.3, -0.25) is 0 Å². The van der Waals surface area contributed by atoms with E-state index in [-0.39, 0.29) is 18.8 Å². The largest absolute Gasteiger partial charge is 0.394 e. The summed E-state index contributed by atoms with van der Waals surface area (Å²) in [5.74, 6) is 0.757. The van der Waals surface area contributed by atoms with Crippen LogP contribution >= 0.6 is 0 Å². The van der Waals surface area contributed by atoms with Crippen molar-refractivity contribution in [1.82, 2.24) is 5.01 Å². The number of allylic oxidation sites excluding steroid dienone is 1. The predicted octanol–water partition coefficient (Wildman–Crippen LogP) is 0.715. The Morgan fingerprint density at radius 3 is 3.20 bits per heavy atom.